The monoisotopic (exact) mass is 231 g/mol. The lowest BCUT2D eigenvalue weighted by Gasteiger charge is -2.34. The molecule has 1 N–H and O–H groups in total. The van der Waals surface area contributed by atoms with Gasteiger partial charge in [-0.1, -0.05) is 6.07 Å². The molecule has 0 bridgehead atoms. The molecule has 0 spiro atoms. The number of nitrogens with one attached hydrogen (secondary N) is 1. The molecule has 84 valence electrons. The zero-order valence-corrected chi connectivity index (χ0v) is 9.43. The van der Waals surface area contributed by atoms with Gasteiger partial charge in [-0.25, -0.2) is 4.98 Å². The number of piperazine rings is 1. The van der Waals surface area contributed by atoms with Crippen LogP contribution in [0.4, 0.5) is 10.2 Å². The van der Waals surface area contributed by atoms with Crippen molar-refractivity contribution in [3.8, 4) is 0 Å². The van der Waals surface area contributed by atoms with Crippen molar-refractivity contribution >= 4 is 18.2 Å². The molecule has 2 rings (SSSR count). The normalized spacial score (nSPS) is 20.9. The van der Waals surface area contributed by atoms with Crippen molar-refractivity contribution in [3.05, 3.63) is 24.1 Å². The van der Waals surface area contributed by atoms with Crippen molar-refractivity contribution in [2.45, 2.75) is 13.0 Å². The van der Waals surface area contributed by atoms with E-state index in [1.807, 2.05) is 6.07 Å². The third kappa shape index (κ3) is 2.79. The van der Waals surface area contributed by atoms with Gasteiger partial charge in [0.15, 0.2) is 0 Å². The number of hydrogen-bond donors (Lipinski definition) is 1. The zero-order valence-electron chi connectivity index (χ0n) is 8.61. The first-order chi connectivity index (χ1) is 6.77. The number of nitrogens with zero attached hydrogens (tertiary/aromatic N) is 2. The van der Waals surface area contributed by atoms with Gasteiger partial charge in [0.1, 0.15) is 5.82 Å². The second-order valence-corrected chi connectivity index (χ2v) is 3.57. The molecule has 1 aromatic rings. The average Bonchev–Trinajstić information content (AvgIpc) is 2.18. The minimum absolute atomic E-state index is 0. The Morgan fingerprint density at radius 2 is 2.33 bits per heavy atom. The Bertz CT molecular complexity index is 321. The van der Waals surface area contributed by atoms with Gasteiger partial charge in [0.05, 0.1) is 0 Å². The maximum absolute atomic E-state index is 12.9. The van der Waals surface area contributed by atoms with Crippen molar-refractivity contribution in [2.24, 2.45) is 0 Å². The Labute approximate surface area is 95.1 Å². The van der Waals surface area contributed by atoms with Crippen molar-refractivity contribution in [3.63, 3.8) is 0 Å². The fourth-order valence-corrected chi connectivity index (χ4v) is 1.74. The molecule has 1 unspecified atom stereocenters. The minimum atomic E-state index is -0.409. The quantitative estimate of drug-likeness (QED) is 0.742. The number of anilines is 1. The predicted molar refractivity (Wildman–Crippen MR) is 61.1 cm³/mol. The summed E-state index contributed by atoms with van der Waals surface area (Å²) >= 11 is 0. The van der Waals surface area contributed by atoms with Crippen LogP contribution in [0, 0.1) is 5.95 Å². The number of pyridine rings is 1. The van der Waals surface area contributed by atoms with E-state index in [-0.39, 0.29) is 12.4 Å². The third-order valence-electron chi connectivity index (χ3n) is 2.50. The van der Waals surface area contributed by atoms with Gasteiger partial charge >= 0.3 is 0 Å². The Morgan fingerprint density at radius 1 is 1.53 bits per heavy atom. The van der Waals surface area contributed by atoms with E-state index in [2.05, 4.69) is 22.1 Å². The molecular formula is C10H15ClFN3. The maximum atomic E-state index is 12.9. The van der Waals surface area contributed by atoms with E-state index in [4.69, 9.17) is 0 Å². The van der Waals surface area contributed by atoms with Crippen LogP contribution in [0.5, 0.6) is 0 Å². The van der Waals surface area contributed by atoms with Crippen LogP contribution in [-0.2, 0) is 0 Å². The third-order valence-corrected chi connectivity index (χ3v) is 2.50. The van der Waals surface area contributed by atoms with Crippen LogP contribution in [0.2, 0.25) is 0 Å². The second-order valence-electron chi connectivity index (χ2n) is 3.57. The van der Waals surface area contributed by atoms with Gasteiger partial charge in [0, 0.05) is 25.7 Å². The molecule has 1 atom stereocenters. The van der Waals surface area contributed by atoms with Crippen molar-refractivity contribution in [2.75, 3.05) is 24.5 Å². The molecule has 0 aliphatic carbocycles. The largest absolute Gasteiger partial charge is 0.351 e. The van der Waals surface area contributed by atoms with E-state index in [9.17, 15) is 4.39 Å². The topological polar surface area (TPSA) is 28.2 Å². The SMILES string of the molecule is CC1CNCCN1c1cccc(F)n1.Cl. The number of halogens is 2. The average molecular weight is 232 g/mol. The smallest absolute Gasteiger partial charge is 0.214 e. The Morgan fingerprint density at radius 3 is 3.00 bits per heavy atom. The lowest BCUT2D eigenvalue weighted by molar-refractivity contribution is 0.491. The summed E-state index contributed by atoms with van der Waals surface area (Å²) in [6, 6.07) is 5.30. The highest BCUT2D eigenvalue weighted by molar-refractivity contribution is 5.85. The molecule has 0 amide bonds. The Kier molecular flexibility index (Phi) is 4.29. The highest BCUT2D eigenvalue weighted by atomic mass is 35.5. The maximum Gasteiger partial charge on any atom is 0.214 e. The van der Waals surface area contributed by atoms with E-state index in [0.717, 1.165) is 25.5 Å². The van der Waals surface area contributed by atoms with Crippen LogP contribution in [0.15, 0.2) is 18.2 Å². The van der Waals surface area contributed by atoms with E-state index in [1.165, 1.54) is 6.07 Å². The van der Waals surface area contributed by atoms with E-state index in [1.54, 1.807) is 6.07 Å². The van der Waals surface area contributed by atoms with Gasteiger partial charge in [-0.2, -0.15) is 4.39 Å². The first-order valence-corrected chi connectivity index (χ1v) is 4.87. The summed E-state index contributed by atoms with van der Waals surface area (Å²) in [5, 5.41) is 3.29. The first kappa shape index (κ1) is 12.2. The molecule has 2 heterocycles. The van der Waals surface area contributed by atoms with Crippen LogP contribution >= 0.6 is 12.4 Å². The van der Waals surface area contributed by atoms with Gasteiger partial charge < -0.3 is 10.2 Å². The standard InChI is InChI=1S/C10H14FN3.ClH/c1-8-7-12-5-6-14(8)10-4-2-3-9(11)13-10;/h2-4,8,12H,5-7H2,1H3;1H. The molecule has 0 radical (unpaired) electrons. The molecule has 15 heavy (non-hydrogen) atoms. The summed E-state index contributed by atoms with van der Waals surface area (Å²) < 4.78 is 12.9. The molecule has 1 saturated heterocycles. The van der Waals surface area contributed by atoms with Crippen LogP contribution in [0.1, 0.15) is 6.92 Å². The van der Waals surface area contributed by atoms with E-state index < -0.39 is 5.95 Å². The minimum Gasteiger partial charge on any atom is -0.351 e. The van der Waals surface area contributed by atoms with Crippen molar-refractivity contribution < 1.29 is 4.39 Å². The van der Waals surface area contributed by atoms with Gasteiger partial charge in [-0.05, 0) is 19.1 Å². The van der Waals surface area contributed by atoms with Gasteiger partial charge in [-0.3, -0.25) is 0 Å². The summed E-state index contributed by atoms with van der Waals surface area (Å²) in [5.41, 5.74) is 0. The molecule has 1 aliphatic rings. The fourth-order valence-electron chi connectivity index (χ4n) is 1.74. The molecule has 3 nitrogen and oxygen atoms in total. The molecule has 5 heteroatoms. The predicted octanol–water partition coefficient (Wildman–Crippen LogP) is 1.44. The summed E-state index contributed by atoms with van der Waals surface area (Å²) in [5.74, 6) is 0.326. The number of hydrogen-bond acceptors (Lipinski definition) is 3. The van der Waals surface area contributed by atoms with E-state index in [0.29, 0.717) is 6.04 Å². The molecule has 1 aliphatic heterocycles. The summed E-state index contributed by atoms with van der Waals surface area (Å²) in [7, 11) is 0. The summed E-state index contributed by atoms with van der Waals surface area (Å²) in [4.78, 5) is 6.00. The molecule has 0 aromatic carbocycles. The zero-order chi connectivity index (χ0) is 9.97. The highest BCUT2D eigenvalue weighted by Crippen LogP contribution is 2.15. The fraction of sp³-hybridized carbons (Fsp3) is 0.500. The van der Waals surface area contributed by atoms with Crippen molar-refractivity contribution in [1.82, 2.24) is 10.3 Å². The molecule has 0 saturated carbocycles. The van der Waals surface area contributed by atoms with Crippen LogP contribution < -0.4 is 10.2 Å². The number of rotatable bonds is 1. The first-order valence-electron chi connectivity index (χ1n) is 4.87. The van der Waals surface area contributed by atoms with E-state index >= 15 is 0 Å². The van der Waals surface area contributed by atoms with Gasteiger partial charge in [0.2, 0.25) is 5.95 Å². The lowest BCUT2D eigenvalue weighted by Crippen LogP contribution is -2.50. The van der Waals surface area contributed by atoms with Gasteiger partial charge in [-0.15, -0.1) is 12.4 Å². The van der Waals surface area contributed by atoms with Crippen LogP contribution in [-0.4, -0.2) is 30.7 Å². The molecule has 1 fully saturated rings. The number of aromatic nitrogens is 1. The summed E-state index contributed by atoms with van der Waals surface area (Å²) in [6.07, 6.45) is 0. The molecule has 1 aromatic heterocycles. The summed E-state index contributed by atoms with van der Waals surface area (Å²) in [6.45, 7) is 4.86. The van der Waals surface area contributed by atoms with Gasteiger partial charge in [0.25, 0.3) is 0 Å². The Balaban J connectivity index is 0.00000112. The Hall–Kier alpha value is -0.870. The molecular weight excluding hydrogens is 217 g/mol. The van der Waals surface area contributed by atoms with Crippen LogP contribution in [0.25, 0.3) is 0 Å². The second kappa shape index (κ2) is 5.28. The van der Waals surface area contributed by atoms with Crippen LogP contribution in [0.3, 0.4) is 0 Å². The van der Waals surface area contributed by atoms with Crippen molar-refractivity contribution in [1.29, 1.82) is 0 Å². The lowest BCUT2D eigenvalue weighted by atomic mass is 10.2. The highest BCUT2D eigenvalue weighted by Gasteiger charge is 2.19.